The zero-order valence-electron chi connectivity index (χ0n) is 5.70. The van der Waals surface area contributed by atoms with E-state index >= 15 is 0 Å². The highest BCUT2D eigenvalue weighted by atomic mass is 19.0. The fraction of sp³-hybridized carbons (Fsp3) is 0.125. The van der Waals surface area contributed by atoms with Gasteiger partial charge in [0, 0.05) is 12.1 Å². The molecule has 0 radical (unpaired) electrons. The molecule has 0 N–H and O–H groups in total. The molecule has 1 heterocycles. The fourth-order valence-corrected chi connectivity index (χ4v) is 0.705. The lowest BCUT2D eigenvalue weighted by molar-refractivity contribution is -0.687. The van der Waals surface area contributed by atoms with E-state index in [-0.39, 0.29) is 4.70 Å². The third-order valence-electron chi connectivity index (χ3n) is 1.12. The molecular weight excluding hydrogens is 129 g/mol. The molecule has 0 spiro atoms. The molecule has 0 atom stereocenters. The molecule has 10 heavy (non-hydrogen) atoms. The SMILES string of the molecule is C=CC[n+]1ccccc1.[F-]. The minimum absolute atomic E-state index is 0. The van der Waals surface area contributed by atoms with E-state index in [2.05, 4.69) is 11.1 Å². The van der Waals surface area contributed by atoms with E-state index in [4.69, 9.17) is 0 Å². The minimum Gasteiger partial charge on any atom is -1.00 e. The fourth-order valence-electron chi connectivity index (χ4n) is 0.705. The Balaban J connectivity index is 0.000000810. The predicted octanol–water partition coefficient (Wildman–Crippen LogP) is -1.84. The molecule has 0 saturated carbocycles. The van der Waals surface area contributed by atoms with Crippen LogP contribution in [0.1, 0.15) is 0 Å². The largest absolute Gasteiger partial charge is 1.00 e. The van der Waals surface area contributed by atoms with Crippen molar-refractivity contribution in [2.24, 2.45) is 0 Å². The first kappa shape index (κ1) is 8.82. The Morgan fingerprint density at radius 1 is 1.20 bits per heavy atom. The van der Waals surface area contributed by atoms with Crippen LogP contribution >= 0.6 is 0 Å². The van der Waals surface area contributed by atoms with Gasteiger partial charge in [-0.1, -0.05) is 12.6 Å². The summed E-state index contributed by atoms with van der Waals surface area (Å²) in [4.78, 5) is 0. The van der Waals surface area contributed by atoms with E-state index in [1.54, 1.807) is 0 Å². The van der Waals surface area contributed by atoms with Crippen molar-refractivity contribution in [3.05, 3.63) is 43.2 Å². The van der Waals surface area contributed by atoms with E-state index in [9.17, 15) is 0 Å². The highest BCUT2D eigenvalue weighted by Gasteiger charge is 1.88. The Bertz CT molecular complexity index is 184. The van der Waals surface area contributed by atoms with Gasteiger partial charge in [0.1, 0.15) is 0 Å². The van der Waals surface area contributed by atoms with Crippen LogP contribution in [0.3, 0.4) is 0 Å². The van der Waals surface area contributed by atoms with Crippen LogP contribution in [0, 0.1) is 0 Å². The van der Waals surface area contributed by atoms with Crippen LogP contribution < -0.4 is 9.27 Å². The third kappa shape index (κ3) is 2.40. The Morgan fingerprint density at radius 3 is 2.30 bits per heavy atom. The van der Waals surface area contributed by atoms with Crippen molar-refractivity contribution in [2.75, 3.05) is 0 Å². The van der Waals surface area contributed by atoms with Crippen LogP contribution in [0.25, 0.3) is 0 Å². The second kappa shape index (κ2) is 4.68. The molecule has 1 aromatic heterocycles. The third-order valence-corrected chi connectivity index (χ3v) is 1.12. The lowest BCUT2D eigenvalue weighted by atomic mass is 10.5. The summed E-state index contributed by atoms with van der Waals surface area (Å²) in [6.45, 7) is 4.52. The highest BCUT2D eigenvalue weighted by Crippen LogP contribution is 1.75. The summed E-state index contributed by atoms with van der Waals surface area (Å²) in [7, 11) is 0. The van der Waals surface area contributed by atoms with E-state index in [0.29, 0.717) is 0 Å². The van der Waals surface area contributed by atoms with Gasteiger partial charge >= 0.3 is 0 Å². The Hall–Kier alpha value is -1.18. The van der Waals surface area contributed by atoms with Crippen LogP contribution in [-0.4, -0.2) is 0 Å². The van der Waals surface area contributed by atoms with Crippen molar-refractivity contribution in [2.45, 2.75) is 6.54 Å². The summed E-state index contributed by atoms with van der Waals surface area (Å²) >= 11 is 0. The van der Waals surface area contributed by atoms with Crippen molar-refractivity contribution >= 4 is 0 Å². The lowest BCUT2D eigenvalue weighted by Crippen LogP contribution is -3.00. The number of hydrogen-bond acceptors (Lipinski definition) is 0. The number of pyridine rings is 1. The first-order valence-electron chi connectivity index (χ1n) is 2.98. The van der Waals surface area contributed by atoms with Crippen molar-refractivity contribution in [1.82, 2.24) is 0 Å². The Labute approximate surface area is 60.0 Å². The van der Waals surface area contributed by atoms with E-state index in [1.807, 2.05) is 36.7 Å². The van der Waals surface area contributed by atoms with Gasteiger partial charge in [0.05, 0.1) is 0 Å². The van der Waals surface area contributed by atoms with E-state index in [1.165, 1.54) is 0 Å². The molecular formula is C8H10FN. The summed E-state index contributed by atoms with van der Waals surface area (Å²) in [6.07, 6.45) is 5.91. The van der Waals surface area contributed by atoms with Crippen LogP contribution in [0.4, 0.5) is 0 Å². The number of allylic oxidation sites excluding steroid dienone is 1. The van der Waals surface area contributed by atoms with E-state index < -0.39 is 0 Å². The number of hydrogen-bond donors (Lipinski definition) is 0. The minimum atomic E-state index is 0. The van der Waals surface area contributed by atoms with Crippen LogP contribution in [-0.2, 0) is 6.54 Å². The Morgan fingerprint density at radius 2 is 1.80 bits per heavy atom. The van der Waals surface area contributed by atoms with E-state index in [0.717, 1.165) is 6.54 Å². The number of aromatic nitrogens is 1. The summed E-state index contributed by atoms with van der Waals surface area (Å²) < 4.78 is 2.06. The number of nitrogens with zero attached hydrogens (tertiary/aromatic N) is 1. The van der Waals surface area contributed by atoms with Gasteiger partial charge in [0.25, 0.3) is 0 Å². The average molecular weight is 139 g/mol. The quantitative estimate of drug-likeness (QED) is 0.335. The molecule has 2 heteroatoms. The maximum absolute atomic E-state index is 3.64. The molecule has 1 rings (SSSR count). The zero-order chi connectivity index (χ0) is 6.53. The van der Waals surface area contributed by atoms with Gasteiger partial charge in [0.2, 0.25) is 0 Å². The van der Waals surface area contributed by atoms with Gasteiger partial charge in [-0.05, 0) is 6.08 Å². The molecule has 0 aliphatic rings. The molecule has 0 aromatic carbocycles. The van der Waals surface area contributed by atoms with Crippen molar-refractivity contribution in [3.63, 3.8) is 0 Å². The first-order valence-corrected chi connectivity index (χ1v) is 2.98. The molecule has 0 amide bonds. The molecule has 0 bridgehead atoms. The van der Waals surface area contributed by atoms with Crippen molar-refractivity contribution < 1.29 is 9.27 Å². The van der Waals surface area contributed by atoms with Crippen molar-refractivity contribution in [3.8, 4) is 0 Å². The molecule has 0 saturated heterocycles. The topological polar surface area (TPSA) is 3.88 Å². The first-order chi connectivity index (χ1) is 4.43. The Kier molecular flexibility index (Phi) is 4.12. The molecule has 0 aliphatic heterocycles. The smallest absolute Gasteiger partial charge is 0.169 e. The van der Waals surface area contributed by atoms with Gasteiger partial charge in [-0.25, -0.2) is 4.57 Å². The standard InChI is InChI=1S/C8H10N.FH/c1-2-6-9-7-4-3-5-8-9;/h2-5,7-8H,1,6H2;1H/q+1;/p-1. The molecule has 0 unspecified atom stereocenters. The normalized spacial score (nSPS) is 8.00. The van der Waals surface area contributed by atoms with Gasteiger partial charge < -0.3 is 4.70 Å². The molecule has 54 valence electrons. The van der Waals surface area contributed by atoms with Gasteiger partial charge in [0.15, 0.2) is 18.9 Å². The van der Waals surface area contributed by atoms with Gasteiger partial charge in [-0.3, -0.25) is 0 Å². The summed E-state index contributed by atoms with van der Waals surface area (Å²) in [6, 6.07) is 6.01. The highest BCUT2D eigenvalue weighted by molar-refractivity contribution is 4.83. The molecule has 1 nitrogen and oxygen atoms in total. The average Bonchev–Trinajstić information content (AvgIpc) is 1.91. The van der Waals surface area contributed by atoms with Crippen LogP contribution in [0.5, 0.6) is 0 Å². The van der Waals surface area contributed by atoms with Crippen molar-refractivity contribution in [1.29, 1.82) is 0 Å². The number of rotatable bonds is 2. The number of halogens is 1. The monoisotopic (exact) mass is 139 g/mol. The van der Waals surface area contributed by atoms with Crippen LogP contribution in [0.15, 0.2) is 43.2 Å². The molecule has 0 fully saturated rings. The van der Waals surface area contributed by atoms with Gasteiger partial charge in [-0.2, -0.15) is 0 Å². The lowest BCUT2D eigenvalue weighted by Gasteiger charge is -1.86. The summed E-state index contributed by atoms with van der Waals surface area (Å²) in [5.41, 5.74) is 0. The predicted molar refractivity (Wildman–Crippen MR) is 36.8 cm³/mol. The second-order valence-corrected chi connectivity index (χ2v) is 1.86. The zero-order valence-corrected chi connectivity index (χ0v) is 5.70. The summed E-state index contributed by atoms with van der Waals surface area (Å²) in [5, 5.41) is 0. The maximum atomic E-state index is 3.64. The second-order valence-electron chi connectivity index (χ2n) is 1.86. The van der Waals surface area contributed by atoms with Crippen LogP contribution in [0.2, 0.25) is 0 Å². The molecule has 1 aromatic rings. The molecule has 0 aliphatic carbocycles. The maximum Gasteiger partial charge on any atom is 0.169 e. The van der Waals surface area contributed by atoms with Gasteiger partial charge in [-0.15, -0.1) is 0 Å². The summed E-state index contributed by atoms with van der Waals surface area (Å²) in [5.74, 6) is 0.